The van der Waals surface area contributed by atoms with E-state index >= 15 is 0 Å². The minimum Gasteiger partial charge on any atom is -0.496 e. The van der Waals surface area contributed by atoms with Crippen LogP contribution in [-0.4, -0.2) is 31.4 Å². The number of halogens is 1. The van der Waals surface area contributed by atoms with Crippen molar-refractivity contribution in [2.24, 2.45) is 5.92 Å². The van der Waals surface area contributed by atoms with E-state index in [2.05, 4.69) is 0 Å². The number of Topliss-reactive ketones (excluding diaryl/α,β-unsaturated/α-hetero) is 1. The van der Waals surface area contributed by atoms with Crippen molar-refractivity contribution in [1.29, 1.82) is 0 Å². The molecule has 3 aromatic rings. The summed E-state index contributed by atoms with van der Waals surface area (Å²) < 4.78 is 24.2. The normalized spacial score (nSPS) is 18.0. The first-order valence-corrected chi connectivity index (χ1v) is 11.7. The standard InChI is InChI=1S/C26H24FNO5S/c1-16-5-8-18(9-6-16)28-24(30)12-10-19(25(28)23-4-3-13-34-23)26(31)33-15-21(29)20-14-17(27)7-11-22(20)32-2/h3-9,11,13-14,19,25H,10,12,15H2,1-2H3. The molecule has 0 bridgehead atoms. The zero-order valence-electron chi connectivity index (χ0n) is 18.8. The third kappa shape index (κ3) is 4.87. The van der Waals surface area contributed by atoms with Gasteiger partial charge in [0.15, 0.2) is 6.61 Å². The molecule has 0 spiro atoms. The van der Waals surface area contributed by atoms with Gasteiger partial charge < -0.3 is 14.4 Å². The number of esters is 1. The number of ketones is 1. The predicted octanol–water partition coefficient (Wildman–Crippen LogP) is 5.11. The zero-order chi connectivity index (χ0) is 24.2. The Labute approximate surface area is 200 Å². The molecule has 1 fully saturated rings. The third-order valence-corrected chi connectivity index (χ3v) is 6.80. The fraction of sp³-hybridized carbons (Fsp3) is 0.269. The van der Waals surface area contributed by atoms with Crippen LogP contribution in [0, 0.1) is 18.7 Å². The van der Waals surface area contributed by atoms with Gasteiger partial charge in [0, 0.05) is 17.0 Å². The number of ether oxygens (including phenoxy) is 2. The van der Waals surface area contributed by atoms with Gasteiger partial charge in [0.25, 0.3) is 0 Å². The van der Waals surface area contributed by atoms with Gasteiger partial charge in [0.1, 0.15) is 11.6 Å². The molecule has 2 unspecified atom stereocenters. The minimum absolute atomic E-state index is 0.00482. The van der Waals surface area contributed by atoms with Gasteiger partial charge >= 0.3 is 5.97 Å². The van der Waals surface area contributed by atoms with Crippen molar-refractivity contribution in [3.05, 3.63) is 81.8 Å². The van der Waals surface area contributed by atoms with Crippen LogP contribution in [0.25, 0.3) is 0 Å². The van der Waals surface area contributed by atoms with E-state index in [1.54, 1.807) is 4.90 Å². The highest BCUT2D eigenvalue weighted by atomic mass is 32.1. The fourth-order valence-corrected chi connectivity index (χ4v) is 5.03. The smallest absolute Gasteiger partial charge is 0.311 e. The highest BCUT2D eigenvalue weighted by Gasteiger charge is 2.43. The van der Waals surface area contributed by atoms with E-state index in [1.165, 1.54) is 30.6 Å². The van der Waals surface area contributed by atoms with Gasteiger partial charge in [0.05, 0.1) is 24.6 Å². The summed E-state index contributed by atoms with van der Waals surface area (Å²) in [6.45, 7) is 1.41. The number of thiophene rings is 1. The molecule has 1 aliphatic rings. The first kappa shape index (κ1) is 23.6. The first-order valence-electron chi connectivity index (χ1n) is 10.8. The second-order valence-electron chi connectivity index (χ2n) is 8.08. The minimum atomic E-state index is -0.653. The molecule has 1 aromatic heterocycles. The molecule has 2 heterocycles. The number of hydrogen-bond donors (Lipinski definition) is 0. The van der Waals surface area contributed by atoms with Crippen molar-refractivity contribution in [2.45, 2.75) is 25.8 Å². The van der Waals surface area contributed by atoms with E-state index in [0.29, 0.717) is 12.1 Å². The van der Waals surface area contributed by atoms with Crippen LogP contribution in [0.15, 0.2) is 60.0 Å². The molecule has 0 radical (unpaired) electrons. The molecule has 34 heavy (non-hydrogen) atoms. The highest BCUT2D eigenvalue weighted by molar-refractivity contribution is 7.10. The molecular formula is C26H24FNO5S. The molecule has 0 aliphatic carbocycles. The topological polar surface area (TPSA) is 72.9 Å². The van der Waals surface area contributed by atoms with Gasteiger partial charge in [-0.15, -0.1) is 11.3 Å². The second kappa shape index (κ2) is 10.2. The maximum atomic E-state index is 13.7. The van der Waals surface area contributed by atoms with Gasteiger partial charge in [-0.1, -0.05) is 23.8 Å². The Kier molecular flexibility index (Phi) is 7.07. The zero-order valence-corrected chi connectivity index (χ0v) is 19.6. The van der Waals surface area contributed by atoms with E-state index in [-0.39, 0.29) is 23.6 Å². The number of amides is 1. The average molecular weight is 482 g/mol. The van der Waals surface area contributed by atoms with Gasteiger partial charge in [-0.05, 0) is 55.1 Å². The fourth-order valence-electron chi connectivity index (χ4n) is 4.15. The van der Waals surface area contributed by atoms with Crippen molar-refractivity contribution in [3.8, 4) is 5.75 Å². The van der Waals surface area contributed by atoms with E-state index < -0.39 is 36.1 Å². The number of anilines is 1. The molecule has 2 atom stereocenters. The van der Waals surface area contributed by atoms with Crippen LogP contribution in [0.4, 0.5) is 10.1 Å². The summed E-state index contributed by atoms with van der Waals surface area (Å²) in [5.41, 5.74) is 1.76. The summed E-state index contributed by atoms with van der Waals surface area (Å²) in [5, 5.41) is 1.89. The lowest BCUT2D eigenvalue weighted by Gasteiger charge is -2.39. The quantitative estimate of drug-likeness (QED) is 0.346. The van der Waals surface area contributed by atoms with Crippen molar-refractivity contribution in [1.82, 2.24) is 0 Å². The maximum absolute atomic E-state index is 13.7. The molecule has 2 aromatic carbocycles. The van der Waals surface area contributed by atoms with Crippen molar-refractivity contribution in [2.75, 3.05) is 18.6 Å². The number of benzene rings is 2. The Morgan fingerprint density at radius 3 is 2.59 bits per heavy atom. The third-order valence-electron chi connectivity index (χ3n) is 5.85. The summed E-state index contributed by atoms with van der Waals surface area (Å²) in [4.78, 5) is 41.3. The van der Waals surface area contributed by atoms with Gasteiger partial charge in [-0.25, -0.2) is 4.39 Å². The Balaban J connectivity index is 1.57. The summed E-state index contributed by atoms with van der Waals surface area (Å²) in [6, 6.07) is 14.4. The molecule has 4 rings (SSSR count). The van der Waals surface area contributed by atoms with Crippen LogP contribution in [0.5, 0.6) is 5.75 Å². The molecular weight excluding hydrogens is 457 g/mol. The predicted molar refractivity (Wildman–Crippen MR) is 127 cm³/mol. The highest BCUT2D eigenvalue weighted by Crippen LogP contribution is 2.42. The molecule has 0 N–H and O–H groups in total. The number of carbonyl (C=O) groups is 3. The van der Waals surface area contributed by atoms with Crippen LogP contribution in [0.1, 0.15) is 39.7 Å². The average Bonchev–Trinajstić information content (AvgIpc) is 3.37. The number of aryl methyl sites for hydroxylation is 1. The number of methoxy groups -OCH3 is 1. The number of carbonyl (C=O) groups excluding carboxylic acids is 3. The van der Waals surface area contributed by atoms with Crippen LogP contribution in [-0.2, 0) is 14.3 Å². The molecule has 1 aliphatic heterocycles. The Hall–Kier alpha value is -3.52. The van der Waals surface area contributed by atoms with E-state index in [9.17, 15) is 18.8 Å². The largest absolute Gasteiger partial charge is 0.496 e. The number of rotatable bonds is 7. The summed E-state index contributed by atoms with van der Waals surface area (Å²) in [7, 11) is 1.38. The van der Waals surface area contributed by atoms with E-state index in [1.807, 2.05) is 48.7 Å². The lowest BCUT2D eigenvalue weighted by atomic mass is 9.87. The first-order chi connectivity index (χ1) is 16.4. The summed E-state index contributed by atoms with van der Waals surface area (Å²) >= 11 is 1.46. The molecule has 0 saturated carbocycles. The van der Waals surface area contributed by atoms with Gasteiger partial charge in [-0.3, -0.25) is 14.4 Å². The Bertz CT molecular complexity index is 1190. The number of hydrogen-bond acceptors (Lipinski definition) is 6. The van der Waals surface area contributed by atoms with Crippen LogP contribution < -0.4 is 9.64 Å². The Morgan fingerprint density at radius 1 is 1.15 bits per heavy atom. The molecule has 1 saturated heterocycles. The lowest BCUT2D eigenvalue weighted by Crippen LogP contribution is -2.46. The van der Waals surface area contributed by atoms with Crippen LogP contribution >= 0.6 is 11.3 Å². The van der Waals surface area contributed by atoms with Gasteiger partial charge in [0.2, 0.25) is 11.7 Å². The molecule has 8 heteroatoms. The lowest BCUT2D eigenvalue weighted by molar-refractivity contribution is -0.149. The van der Waals surface area contributed by atoms with Crippen molar-refractivity contribution < 1.29 is 28.2 Å². The number of nitrogens with zero attached hydrogens (tertiary/aromatic N) is 1. The van der Waals surface area contributed by atoms with Crippen molar-refractivity contribution >= 4 is 34.7 Å². The van der Waals surface area contributed by atoms with Crippen molar-refractivity contribution in [3.63, 3.8) is 0 Å². The maximum Gasteiger partial charge on any atom is 0.311 e. The summed E-state index contributed by atoms with van der Waals surface area (Å²) in [6.07, 6.45) is 0.487. The van der Waals surface area contributed by atoms with Crippen LogP contribution in [0.3, 0.4) is 0 Å². The molecule has 176 valence electrons. The Morgan fingerprint density at radius 2 is 1.91 bits per heavy atom. The molecule has 1 amide bonds. The van der Waals surface area contributed by atoms with E-state index in [0.717, 1.165) is 16.5 Å². The van der Waals surface area contributed by atoms with E-state index in [4.69, 9.17) is 9.47 Å². The number of piperidine rings is 1. The second-order valence-corrected chi connectivity index (χ2v) is 9.06. The van der Waals surface area contributed by atoms with Crippen LogP contribution in [0.2, 0.25) is 0 Å². The SMILES string of the molecule is COc1ccc(F)cc1C(=O)COC(=O)C1CCC(=O)N(c2ccc(C)cc2)C1c1cccs1. The monoisotopic (exact) mass is 481 g/mol. The van der Waals surface area contributed by atoms with Gasteiger partial charge in [-0.2, -0.15) is 0 Å². The summed E-state index contributed by atoms with van der Waals surface area (Å²) in [5.74, 6) is -2.27. The molecule has 6 nitrogen and oxygen atoms in total.